The summed E-state index contributed by atoms with van der Waals surface area (Å²) in [5, 5.41) is 13.5. The molecule has 3 amide bonds. The summed E-state index contributed by atoms with van der Waals surface area (Å²) in [5.41, 5.74) is 5.40. The monoisotopic (exact) mass is 355 g/mol. The predicted octanol–water partition coefficient (Wildman–Crippen LogP) is 0.955. The molecule has 0 aliphatic carbocycles. The zero-order valence-electron chi connectivity index (χ0n) is 12.9. The SMILES string of the molecule is NC(=O)NC(=O)CCN1CCN(c2ccc(Cl)cc2[N+](=O)[O-])CC1. The summed E-state index contributed by atoms with van der Waals surface area (Å²) in [6.07, 6.45) is 0.171. The van der Waals surface area contributed by atoms with Crippen molar-refractivity contribution in [3.05, 3.63) is 33.3 Å². The molecule has 24 heavy (non-hydrogen) atoms. The molecule has 1 aromatic rings. The zero-order chi connectivity index (χ0) is 17.7. The van der Waals surface area contributed by atoms with E-state index in [0.717, 1.165) is 0 Å². The van der Waals surface area contributed by atoms with Gasteiger partial charge < -0.3 is 10.6 Å². The Kier molecular flexibility index (Phi) is 5.93. The summed E-state index contributed by atoms with van der Waals surface area (Å²) in [7, 11) is 0. The Balaban J connectivity index is 1.90. The van der Waals surface area contributed by atoms with Crippen molar-refractivity contribution in [2.24, 2.45) is 5.73 Å². The lowest BCUT2D eigenvalue weighted by molar-refractivity contribution is -0.384. The van der Waals surface area contributed by atoms with E-state index in [1.807, 2.05) is 10.2 Å². The number of rotatable bonds is 5. The number of carbonyl (C=O) groups is 2. The molecular formula is C14H18ClN5O4. The highest BCUT2D eigenvalue weighted by Crippen LogP contribution is 2.31. The number of piperazine rings is 1. The minimum atomic E-state index is -0.861. The van der Waals surface area contributed by atoms with Gasteiger partial charge in [-0.1, -0.05) is 11.6 Å². The Labute approximate surface area is 143 Å². The lowest BCUT2D eigenvalue weighted by Gasteiger charge is -2.35. The zero-order valence-corrected chi connectivity index (χ0v) is 13.7. The molecule has 10 heteroatoms. The molecule has 1 heterocycles. The first-order valence-corrected chi connectivity index (χ1v) is 7.75. The van der Waals surface area contributed by atoms with E-state index in [4.69, 9.17) is 17.3 Å². The van der Waals surface area contributed by atoms with E-state index in [1.165, 1.54) is 6.07 Å². The van der Waals surface area contributed by atoms with Crippen LogP contribution in [0.15, 0.2) is 18.2 Å². The number of carbonyl (C=O) groups excluding carboxylic acids is 2. The second-order valence-corrected chi connectivity index (χ2v) is 5.82. The van der Waals surface area contributed by atoms with Gasteiger partial charge >= 0.3 is 6.03 Å². The third-order valence-electron chi connectivity index (χ3n) is 3.76. The van der Waals surface area contributed by atoms with E-state index in [1.54, 1.807) is 12.1 Å². The highest BCUT2D eigenvalue weighted by atomic mass is 35.5. The molecule has 0 unspecified atom stereocenters. The number of imide groups is 1. The molecule has 1 aromatic carbocycles. The normalized spacial score (nSPS) is 15.1. The van der Waals surface area contributed by atoms with Gasteiger partial charge in [-0.2, -0.15) is 0 Å². The number of hydrogen-bond acceptors (Lipinski definition) is 6. The minimum absolute atomic E-state index is 0.0169. The van der Waals surface area contributed by atoms with E-state index in [-0.39, 0.29) is 12.1 Å². The lowest BCUT2D eigenvalue weighted by atomic mass is 10.2. The van der Waals surface area contributed by atoms with Crippen molar-refractivity contribution in [1.82, 2.24) is 10.2 Å². The molecule has 0 atom stereocenters. The van der Waals surface area contributed by atoms with Crippen molar-refractivity contribution in [2.75, 3.05) is 37.6 Å². The number of anilines is 1. The Bertz CT molecular complexity index is 646. The number of hydrogen-bond donors (Lipinski definition) is 2. The van der Waals surface area contributed by atoms with Crippen molar-refractivity contribution in [3.8, 4) is 0 Å². The maximum absolute atomic E-state index is 11.4. The van der Waals surface area contributed by atoms with Crippen molar-refractivity contribution in [2.45, 2.75) is 6.42 Å². The molecule has 0 radical (unpaired) electrons. The van der Waals surface area contributed by atoms with Crippen LogP contribution in [-0.2, 0) is 4.79 Å². The topological polar surface area (TPSA) is 122 Å². The van der Waals surface area contributed by atoms with E-state index in [2.05, 4.69) is 4.90 Å². The average Bonchev–Trinajstić information content (AvgIpc) is 2.53. The number of halogens is 1. The molecule has 1 fully saturated rings. The summed E-state index contributed by atoms with van der Waals surface area (Å²) >= 11 is 5.83. The maximum atomic E-state index is 11.4. The van der Waals surface area contributed by atoms with Crippen molar-refractivity contribution in [1.29, 1.82) is 0 Å². The third-order valence-corrected chi connectivity index (χ3v) is 4.00. The van der Waals surface area contributed by atoms with Crippen LogP contribution in [-0.4, -0.2) is 54.5 Å². The van der Waals surface area contributed by atoms with Crippen molar-refractivity contribution in [3.63, 3.8) is 0 Å². The molecule has 2 rings (SSSR count). The number of nitrogens with one attached hydrogen (secondary N) is 1. The van der Waals surface area contributed by atoms with Crippen LogP contribution >= 0.6 is 11.6 Å². The van der Waals surface area contributed by atoms with Gasteiger partial charge in [-0.05, 0) is 12.1 Å². The highest BCUT2D eigenvalue weighted by molar-refractivity contribution is 6.30. The molecule has 3 N–H and O–H groups in total. The molecule has 130 valence electrons. The molecule has 9 nitrogen and oxygen atoms in total. The molecule has 0 saturated carbocycles. The molecule has 1 aliphatic heterocycles. The molecule has 0 bridgehead atoms. The maximum Gasteiger partial charge on any atom is 0.318 e. The number of nitrogens with two attached hydrogens (primary N) is 1. The van der Waals surface area contributed by atoms with Gasteiger partial charge in [0.25, 0.3) is 5.69 Å². The van der Waals surface area contributed by atoms with Crippen LogP contribution in [0.5, 0.6) is 0 Å². The number of urea groups is 1. The lowest BCUT2D eigenvalue weighted by Crippen LogP contribution is -2.47. The smallest absolute Gasteiger partial charge is 0.318 e. The number of amides is 3. The fourth-order valence-electron chi connectivity index (χ4n) is 2.58. The van der Waals surface area contributed by atoms with Gasteiger partial charge in [0.15, 0.2) is 0 Å². The van der Waals surface area contributed by atoms with Gasteiger partial charge in [-0.25, -0.2) is 4.79 Å². The van der Waals surface area contributed by atoms with E-state index >= 15 is 0 Å². The fourth-order valence-corrected chi connectivity index (χ4v) is 2.75. The minimum Gasteiger partial charge on any atom is -0.363 e. The largest absolute Gasteiger partial charge is 0.363 e. The van der Waals surface area contributed by atoms with Crippen LogP contribution in [0.3, 0.4) is 0 Å². The Hall–Kier alpha value is -2.39. The molecule has 0 aromatic heterocycles. The fraction of sp³-hybridized carbons (Fsp3) is 0.429. The number of primary amides is 1. The Morgan fingerprint density at radius 1 is 1.29 bits per heavy atom. The van der Waals surface area contributed by atoms with Gasteiger partial charge in [0.2, 0.25) is 5.91 Å². The van der Waals surface area contributed by atoms with Crippen LogP contribution in [0.1, 0.15) is 6.42 Å². The van der Waals surface area contributed by atoms with Crippen LogP contribution in [0.4, 0.5) is 16.2 Å². The second kappa shape index (κ2) is 7.93. The standard InChI is InChI=1S/C14H18ClN5O4/c15-10-1-2-11(12(9-10)20(23)24)19-7-5-18(6-8-19)4-3-13(21)17-14(16)22/h1-2,9H,3-8H2,(H3,16,17,21,22). The number of nitro groups is 1. The average molecular weight is 356 g/mol. The third kappa shape index (κ3) is 4.80. The molecule has 1 aliphatic rings. The summed E-state index contributed by atoms with van der Waals surface area (Å²) in [6.45, 7) is 3.00. The van der Waals surface area contributed by atoms with Gasteiger partial charge in [0, 0.05) is 50.2 Å². The summed E-state index contributed by atoms with van der Waals surface area (Å²) in [6, 6.07) is 3.76. The van der Waals surface area contributed by atoms with Crippen molar-refractivity contribution >= 4 is 34.9 Å². The summed E-state index contributed by atoms with van der Waals surface area (Å²) in [5.74, 6) is -0.418. The first-order chi connectivity index (χ1) is 11.4. The van der Waals surface area contributed by atoms with Gasteiger partial charge in [0.1, 0.15) is 5.69 Å². The number of nitrogens with zero attached hydrogens (tertiary/aromatic N) is 3. The predicted molar refractivity (Wildman–Crippen MR) is 89.1 cm³/mol. The van der Waals surface area contributed by atoms with Gasteiger partial charge in [-0.3, -0.25) is 25.1 Å². The highest BCUT2D eigenvalue weighted by Gasteiger charge is 2.24. The van der Waals surface area contributed by atoms with E-state index in [0.29, 0.717) is 43.4 Å². The second-order valence-electron chi connectivity index (χ2n) is 5.38. The Morgan fingerprint density at radius 2 is 1.96 bits per heavy atom. The Morgan fingerprint density at radius 3 is 2.54 bits per heavy atom. The van der Waals surface area contributed by atoms with E-state index < -0.39 is 16.9 Å². The van der Waals surface area contributed by atoms with Gasteiger partial charge in [0.05, 0.1) is 4.92 Å². The van der Waals surface area contributed by atoms with Gasteiger partial charge in [-0.15, -0.1) is 0 Å². The quantitative estimate of drug-likeness (QED) is 0.599. The molecule has 1 saturated heterocycles. The first-order valence-electron chi connectivity index (χ1n) is 7.37. The number of nitro benzene ring substituents is 1. The van der Waals surface area contributed by atoms with E-state index in [9.17, 15) is 19.7 Å². The van der Waals surface area contributed by atoms with Crippen molar-refractivity contribution < 1.29 is 14.5 Å². The van der Waals surface area contributed by atoms with Crippen LogP contribution in [0.25, 0.3) is 0 Å². The number of benzene rings is 1. The van der Waals surface area contributed by atoms with Crippen LogP contribution in [0.2, 0.25) is 5.02 Å². The summed E-state index contributed by atoms with van der Waals surface area (Å²) < 4.78 is 0. The van der Waals surface area contributed by atoms with Crippen LogP contribution in [0, 0.1) is 10.1 Å². The summed E-state index contributed by atoms with van der Waals surface area (Å²) in [4.78, 5) is 36.7. The molecule has 0 spiro atoms. The van der Waals surface area contributed by atoms with Crippen LogP contribution < -0.4 is 16.0 Å². The first kappa shape index (κ1) is 18.0. The molecular weight excluding hydrogens is 338 g/mol.